The molecule has 1 aliphatic rings. The first kappa shape index (κ1) is 13.5. The van der Waals surface area contributed by atoms with E-state index >= 15 is 0 Å². The summed E-state index contributed by atoms with van der Waals surface area (Å²) in [5.74, 6) is -0.243. The molecule has 0 aliphatic heterocycles. The number of carbonyl (C=O) groups is 1. The largest absolute Gasteiger partial charge is 0.380 e. The van der Waals surface area contributed by atoms with E-state index in [1.165, 1.54) is 6.42 Å². The van der Waals surface area contributed by atoms with Crippen molar-refractivity contribution in [1.82, 2.24) is 5.32 Å². The summed E-state index contributed by atoms with van der Waals surface area (Å²) in [6, 6.07) is 0. The van der Waals surface area contributed by atoms with Crippen LogP contribution in [0.3, 0.4) is 0 Å². The zero-order chi connectivity index (χ0) is 12.0. The molecule has 0 spiro atoms. The van der Waals surface area contributed by atoms with E-state index < -0.39 is 0 Å². The molecule has 1 amide bonds. The third kappa shape index (κ3) is 3.19. The lowest BCUT2D eigenvalue weighted by atomic mass is 9.76. The predicted octanol–water partition coefficient (Wildman–Crippen LogP) is 1.19. The van der Waals surface area contributed by atoms with Crippen molar-refractivity contribution in [3.63, 3.8) is 0 Å². The van der Waals surface area contributed by atoms with Crippen LogP contribution in [-0.4, -0.2) is 31.2 Å². The van der Waals surface area contributed by atoms with Gasteiger partial charge in [-0.25, -0.2) is 0 Å². The Labute approximate surface area is 97.9 Å². The van der Waals surface area contributed by atoms with Crippen molar-refractivity contribution in [3.05, 3.63) is 0 Å². The molecule has 1 rings (SSSR count). The first-order valence-electron chi connectivity index (χ1n) is 6.20. The van der Waals surface area contributed by atoms with E-state index in [0.29, 0.717) is 6.42 Å². The zero-order valence-electron chi connectivity index (χ0n) is 10.4. The molecule has 0 aromatic carbocycles. The molecule has 4 nitrogen and oxygen atoms in total. The van der Waals surface area contributed by atoms with E-state index in [0.717, 1.165) is 32.2 Å². The standard InChI is InChI=1S/C12H24N2O2/c1-3-8-14-12(9-11(13)15)7-5-4-6-10(12)16-2/h10,14H,3-9H2,1-2H3,(H2,13,15). The quantitative estimate of drug-likeness (QED) is 0.717. The Morgan fingerprint density at radius 2 is 2.31 bits per heavy atom. The molecule has 94 valence electrons. The second-order valence-electron chi connectivity index (χ2n) is 4.70. The fourth-order valence-electron chi connectivity index (χ4n) is 2.70. The van der Waals surface area contributed by atoms with Gasteiger partial charge in [0, 0.05) is 13.5 Å². The lowest BCUT2D eigenvalue weighted by molar-refractivity contribution is -0.122. The first-order chi connectivity index (χ1) is 7.64. The number of hydrogen-bond acceptors (Lipinski definition) is 3. The highest BCUT2D eigenvalue weighted by Gasteiger charge is 2.41. The third-order valence-corrected chi connectivity index (χ3v) is 3.46. The molecule has 2 atom stereocenters. The SMILES string of the molecule is CCCNC1(CC(N)=O)CCCCC1OC. The van der Waals surface area contributed by atoms with Crippen LogP contribution in [0.15, 0.2) is 0 Å². The highest BCUT2D eigenvalue weighted by molar-refractivity contribution is 5.75. The molecule has 0 saturated heterocycles. The van der Waals surface area contributed by atoms with Crippen LogP contribution in [0.5, 0.6) is 0 Å². The van der Waals surface area contributed by atoms with Crippen molar-refractivity contribution in [1.29, 1.82) is 0 Å². The van der Waals surface area contributed by atoms with Crippen molar-refractivity contribution in [3.8, 4) is 0 Å². The third-order valence-electron chi connectivity index (χ3n) is 3.46. The number of ether oxygens (including phenoxy) is 1. The number of hydrogen-bond donors (Lipinski definition) is 2. The van der Waals surface area contributed by atoms with Crippen LogP contribution in [0.4, 0.5) is 0 Å². The molecular weight excluding hydrogens is 204 g/mol. The maximum atomic E-state index is 11.2. The summed E-state index contributed by atoms with van der Waals surface area (Å²) in [6.07, 6.45) is 5.86. The minimum Gasteiger partial charge on any atom is -0.380 e. The molecule has 0 aromatic rings. The van der Waals surface area contributed by atoms with E-state index in [2.05, 4.69) is 12.2 Å². The van der Waals surface area contributed by atoms with Gasteiger partial charge >= 0.3 is 0 Å². The Kier molecular flexibility index (Phi) is 5.22. The molecular formula is C12H24N2O2. The smallest absolute Gasteiger partial charge is 0.219 e. The van der Waals surface area contributed by atoms with Crippen LogP contribution in [-0.2, 0) is 9.53 Å². The summed E-state index contributed by atoms with van der Waals surface area (Å²) >= 11 is 0. The molecule has 0 bridgehead atoms. The van der Waals surface area contributed by atoms with Crippen molar-refractivity contribution in [2.45, 2.75) is 57.1 Å². The number of carbonyl (C=O) groups excluding carboxylic acids is 1. The van der Waals surface area contributed by atoms with Crippen LogP contribution in [0.25, 0.3) is 0 Å². The lowest BCUT2D eigenvalue weighted by Crippen LogP contribution is -2.58. The van der Waals surface area contributed by atoms with Gasteiger partial charge in [-0.15, -0.1) is 0 Å². The van der Waals surface area contributed by atoms with Crippen molar-refractivity contribution >= 4 is 5.91 Å². The Morgan fingerprint density at radius 1 is 1.56 bits per heavy atom. The maximum absolute atomic E-state index is 11.2. The van der Waals surface area contributed by atoms with Crippen LogP contribution >= 0.6 is 0 Å². The molecule has 3 N–H and O–H groups in total. The number of methoxy groups -OCH3 is 1. The second kappa shape index (κ2) is 6.21. The van der Waals surface area contributed by atoms with E-state index in [1.54, 1.807) is 7.11 Å². The first-order valence-corrected chi connectivity index (χ1v) is 6.20. The predicted molar refractivity (Wildman–Crippen MR) is 64.1 cm³/mol. The van der Waals surface area contributed by atoms with Gasteiger partial charge < -0.3 is 15.8 Å². The molecule has 0 heterocycles. The number of nitrogens with one attached hydrogen (secondary N) is 1. The summed E-state index contributed by atoms with van der Waals surface area (Å²) in [6.45, 7) is 3.03. The van der Waals surface area contributed by atoms with E-state index in [1.807, 2.05) is 0 Å². The van der Waals surface area contributed by atoms with Gasteiger partial charge in [0.05, 0.1) is 11.6 Å². The minimum atomic E-state index is -0.243. The summed E-state index contributed by atoms with van der Waals surface area (Å²) in [4.78, 5) is 11.2. The fourth-order valence-corrected chi connectivity index (χ4v) is 2.70. The molecule has 0 radical (unpaired) electrons. The minimum absolute atomic E-state index is 0.111. The van der Waals surface area contributed by atoms with Gasteiger partial charge in [0.1, 0.15) is 0 Å². The number of primary amides is 1. The van der Waals surface area contributed by atoms with E-state index in [4.69, 9.17) is 10.5 Å². The van der Waals surface area contributed by atoms with Crippen LogP contribution in [0.1, 0.15) is 45.4 Å². The van der Waals surface area contributed by atoms with Gasteiger partial charge in [-0.1, -0.05) is 19.8 Å². The summed E-state index contributed by atoms with van der Waals surface area (Å²) < 4.78 is 5.53. The van der Waals surface area contributed by atoms with Crippen LogP contribution in [0.2, 0.25) is 0 Å². The summed E-state index contributed by atoms with van der Waals surface area (Å²) in [5, 5.41) is 3.49. The lowest BCUT2D eigenvalue weighted by Gasteiger charge is -2.43. The molecule has 1 saturated carbocycles. The molecule has 16 heavy (non-hydrogen) atoms. The van der Waals surface area contributed by atoms with Gasteiger partial charge in [0.15, 0.2) is 0 Å². The van der Waals surface area contributed by atoms with Gasteiger partial charge in [0.25, 0.3) is 0 Å². The Balaban J connectivity index is 2.75. The van der Waals surface area contributed by atoms with Crippen molar-refractivity contribution < 1.29 is 9.53 Å². The average molecular weight is 228 g/mol. The molecule has 1 aliphatic carbocycles. The Hall–Kier alpha value is -0.610. The van der Waals surface area contributed by atoms with Gasteiger partial charge in [-0.2, -0.15) is 0 Å². The second-order valence-corrected chi connectivity index (χ2v) is 4.70. The fraction of sp³-hybridized carbons (Fsp3) is 0.917. The van der Waals surface area contributed by atoms with Gasteiger partial charge in [0.2, 0.25) is 5.91 Å². The number of rotatable bonds is 6. The van der Waals surface area contributed by atoms with Crippen molar-refractivity contribution in [2.75, 3.05) is 13.7 Å². The topological polar surface area (TPSA) is 64.3 Å². The highest BCUT2D eigenvalue weighted by Crippen LogP contribution is 2.33. The van der Waals surface area contributed by atoms with Gasteiger partial charge in [-0.05, 0) is 25.8 Å². The Morgan fingerprint density at radius 3 is 2.88 bits per heavy atom. The van der Waals surface area contributed by atoms with E-state index in [9.17, 15) is 4.79 Å². The number of amides is 1. The average Bonchev–Trinajstić information content (AvgIpc) is 2.26. The molecule has 1 fully saturated rings. The van der Waals surface area contributed by atoms with Crippen molar-refractivity contribution in [2.24, 2.45) is 5.73 Å². The highest BCUT2D eigenvalue weighted by atomic mass is 16.5. The monoisotopic (exact) mass is 228 g/mol. The number of nitrogens with two attached hydrogens (primary N) is 1. The molecule has 0 aromatic heterocycles. The summed E-state index contributed by atoms with van der Waals surface area (Å²) in [5.41, 5.74) is 5.14. The zero-order valence-corrected chi connectivity index (χ0v) is 10.4. The molecule has 2 unspecified atom stereocenters. The molecule has 4 heteroatoms. The normalized spacial score (nSPS) is 30.2. The maximum Gasteiger partial charge on any atom is 0.219 e. The van der Waals surface area contributed by atoms with E-state index in [-0.39, 0.29) is 17.6 Å². The Bertz CT molecular complexity index is 233. The van der Waals surface area contributed by atoms with Crippen LogP contribution in [0, 0.1) is 0 Å². The summed E-state index contributed by atoms with van der Waals surface area (Å²) in [7, 11) is 1.72. The van der Waals surface area contributed by atoms with Gasteiger partial charge in [-0.3, -0.25) is 4.79 Å². The van der Waals surface area contributed by atoms with Crippen LogP contribution < -0.4 is 11.1 Å².